The van der Waals surface area contributed by atoms with E-state index < -0.39 is 7.82 Å². The van der Waals surface area contributed by atoms with Gasteiger partial charge in [0.2, 0.25) is 0 Å². The van der Waals surface area contributed by atoms with Crippen LogP contribution in [0.2, 0.25) is 0 Å². The Kier molecular flexibility index (Phi) is 22.7. The minimum Gasteiger partial charge on any atom is -0.822 e. The minimum atomic E-state index is -5.39. The van der Waals surface area contributed by atoms with Crippen LogP contribution >= 0.6 is 7.82 Å². The Morgan fingerprint density at radius 3 is 1.12 bits per heavy atom. The molecule has 0 bridgehead atoms. The molecule has 8 heteroatoms. The molecular formula is H6AlO5PSi. The molecule has 48 valence electrons. The van der Waals surface area contributed by atoms with Crippen LogP contribution in [-0.4, -0.2) is 33.8 Å². The Morgan fingerprint density at radius 2 is 1.12 bits per heavy atom. The molecule has 0 aliphatic heterocycles. The average Bonchev–Trinajstić information content (AvgIpc) is 0.722. The second-order valence-corrected chi connectivity index (χ2v) is 1.34. The molecule has 0 heterocycles. The summed E-state index contributed by atoms with van der Waals surface area (Å²) in [7, 11) is -5.39. The molecule has 0 aromatic heterocycles. The van der Waals surface area contributed by atoms with Crippen molar-refractivity contribution >= 4 is 36.1 Å². The van der Waals surface area contributed by atoms with Crippen molar-refractivity contribution in [2.75, 3.05) is 0 Å². The summed E-state index contributed by atoms with van der Waals surface area (Å²) >= 11 is 0. The van der Waals surface area contributed by atoms with Crippen molar-refractivity contribution in [2.24, 2.45) is 0 Å². The normalized spacial score (nSPS) is 7.38. The van der Waals surface area contributed by atoms with Gasteiger partial charge in [0.15, 0.2) is 0 Å². The molecule has 0 saturated carbocycles. The van der Waals surface area contributed by atoms with Gasteiger partial charge in [0, 0.05) is 0 Å². The third kappa shape index (κ3) is 344. The summed E-state index contributed by atoms with van der Waals surface area (Å²) < 4.78 is 8.55. The zero-order chi connectivity index (χ0) is 4.50. The van der Waals surface area contributed by atoms with Gasteiger partial charge in [-0.3, -0.25) is 0 Å². The van der Waals surface area contributed by atoms with Crippen LogP contribution in [0.5, 0.6) is 0 Å². The summed E-state index contributed by atoms with van der Waals surface area (Å²) in [5.74, 6) is 0. The van der Waals surface area contributed by atoms with Crippen LogP contribution in [0.1, 0.15) is 0 Å². The van der Waals surface area contributed by atoms with E-state index in [0.717, 1.165) is 0 Å². The first-order chi connectivity index (χ1) is 2.00. The molecule has 0 aromatic carbocycles. The number of hydrogen-bond donors (Lipinski definition) is 0. The van der Waals surface area contributed by atoms with E-state index in [4.69, 9.17) is 19.2 Å². The molecule has 0 saturated heterocycles. The largest absolute Gasteiger partial charge is 3.00 e. The maximum absolute atomic E-state index is 8.55. The molecule has 0 aromatic rings. The molecule has 8 heavy (non-hydrogen) atoms. The number of phosphoric acid groups is 1. The average molecular weight is 172 g/mol. The van der Waals surface area contributed by atoms with Crippen molar-refractivity contribution < 1.29 is 24.7 Å². The monoisotopic (exact) mass is 172 g/mol. The molecule has 0 rings (SSSR count). The van der Waals surface area contributed by atoms with Crippen molar-refractivity contribution in [1.29, 1.82) is 0 Å². The van der Waals surface area contributed by atoms with Crippen LogP contribution in [0.15, 0.2) is 0 Å². The Balaban J connectivity index is -0.0000000267. The maximum atomic E-state index is 8.55. The zero-order valence-corrected chi connectivity index (χ0v) is 5.21. The summed E-state index contributed by atoms with van der Waals surface area (Å²) in [5, 5.41) is 0. The molecule has 0 aliphatic rings. The van der Waals surface area contributed by atoms with Crippen LogP contribution in [0.25, 0.3) is 0 Å². The van der Waals surface area contributed by atoms with E-state index in [0.29, 0.717) is 0 Å². The van der Waals surface area contributed by atoms with Gasteiger partial charge in [-0.05, 0) is 11.0 Å². The molecule has 0 spiro atoms. The van der Waals surface area contributed by atoms with Crippen LogP contribution < -0.4 is 14.7 Å². The van der Waals surface area contributed by atoms with Gasteiger partial charge >= 0.3 is 17.4 Å². The van der Waals surface area contributed by atoms with E-state index in [1.807, 2.05) is 0 Å². The Hall–Kier alpha value is 0.819. The van der Waals surface area contributed by atoms with Crippen LogP contribution in [0.4, 0.5) is 0 Å². The fourth-order valence-electron chi connectivity index (χ4n) is 0. The molecule has 5 nitrogen and oxygen atoms in total. The zero-order valence-electron chi connectivity index (χ0n) is 3.16. The molecule has 0 atom stereocenters. The predicted molar refractivity (Wildman–Crippen MR) is 28.3 cm³/mol. The molecule has 0 unspecified atom stereocenters. The molecule has 0 radical (unpaired) electrons. The molecule has 0 fully saturated rings. The van der Waals surface area contributed by atoms with Crippen LogP contribution in [0, 0.1) is 0 Å². The predicted octanol–water partition coefficient (Wildman–Crippen LogP) is -5.48. The summed E-state index contributed by atoms with van der Waals surface area (Å²) in [6.45, 7) is 0. The Morgan fingerprint density at radius 1 is 1.12 bits per heavy atom. The summed E-state index contributed by atoms with van der Waals surface area (Å²) in [5.41, 5.74) is 0. The summed E-state index contributed by atoms with van der Waals surface area (Å²) in [4.78, 5) is 25.6. The van der Waals surface area contributed by atoms with E-state index in [2.05, 4.69) is 0 Å². The van der Waals surface area contributed by atoms with Gasteiger partial charge in [-0.2, -0.15) is 7.82 Å². The van der Waals surface area contributed by atoms with E-state index in [1.165, 1.54) is 0 Å². The van der Waals surface area contributed by atoms with Gasteiger partial charge in [0.25, 0.3) is 0 Å². The van der Waals surface area contributed by atoms with Gasteiger partial charge < -0.3 is 24.7 Å². The van der Waals surface area contributed by atoms with Crippen molar-refractivity contribution in [3.63, 3.8) is 0 Å². The SMILES string of the molecule is O.O=P([O-])([O-])[O-].[Al+3].[SiH4]. The fraction of sp³-hybridized carbons (Fsp3) is 0. The molecule has 2 N–H and O–H groups in total. The second kappa shape index (κ2) is 7.82. The van der Waals surface area contributed by atoms with E-state index in [1.54, 1.807) is 0 Å². The topological polar surface area (TPSA) is 118 Å². The summed E-state index contributed by atoms with van der Waals surface area (Å²) in [6, 6.07) is 0. The third-order valence-electron chi connectivity index (χ3n) is 0. The van der Waals surface area contributed by atoms with E-state index >= 15 is 0 Å². The summed E-state index contributed by atoms with van der Waals surface area (Å²) in [6.07, 6.45) is 0. The quantitative estimate of drug-likeness (QED) is 0.267. The number of rotatable bonds is 0. The first kappa shape index (κ1) is 23.2. The third-order valence-corrected chi connectivity index (χ3v) is 0. The molecular weight excluding hydrogens is 166 g/mol. The van der Waals surface area contributed by atoms with E-state index in [-0.39, 0.29) is 33.8 Å². The smallest absolute Gasteiger partial charge is 0.822 e. The molecule has 0 amide bonds. The molecule has 0 aliphatic carbocycles. The van der Waals surface area contributed by atoms with Crippen molar-refractivity contribution in [3.8, 4) is 0 Å². The Labute approximate surface area is 61.4 Å². The van der Waals surface area contributed by atoms with Crippen molar-refractivity contribution in [1.82, 2.24) is 0 Å². The first-order valence-electron chi connectivity index (χ1n) is 0.730. The van der Waals surface area contributed by atoms with Gasteiger partial charge in [0.1, 0.15) is 0 Å². The standard InChI is InChI=1S/Al.H3O4P.H2O.H4Si/c;1-5(2,3)4;;/h;(H3,1,2,3,4);1H2;1H4/q+3;;;/p-3. The fourth-order valence-corrected chi connectivity index (χ4v) is 0. The maximum Gasteiger partial charge on any atom is 3.00 e. The number of hydrogen-bond acceptors (Lipinski definition) is 4. The minimum absolute atomic E-state index is 0. The Bertz CT molecular complexity index is 58.6. The van der Waals surface area contributed by atoms with Gasteiger partial charge in [-0.25, -0.2) is 0 Å². The first-order valence-corrected chi connectivity index (χ1v) is 2.19. The van der Waals surface area contributed by atoms with Crippen LogP contribution in [0.3, 0.4) is 0 Å². The van der Waals surface area contributed by atoms with Crippen molar-refractivity contribution in [2.45, 2.75) is 0 Å². The van der Waals surface area contributed by atoms with Gasteiger partial charge in [-0.1, -0.05) is 0 Å². The van der Waals surface area contributed by atoms with Crippen LogP contribution in [-0.2, 0) is 4.57 Å². The second-order valence-electron chi connectivity index (χ2n) is 0.447. The van der Waals surface area contributed by atoms with E-state index in [9.17, 15) is 0 Å². The van der Waals surface area contributed by atoms with Gasteiger partial charge in [0.05, 0.1) is 0 Å². The van der Waals surface area contributed by atoms with Crippen molar-refractivity contribution in [3.05, 3.63) is 0 Å². The van der Waals surface area contributed by atoms with Gasteiger partial charge in [-0.15, -0.1) is 0 Å².